The summed E-state index contributed by atoms with van der Waals surface area (Å²) in [5.74, 6) is 0. The van der Waals surface area contributed by atoms with E-state index in [9.17, 15) is 0 Å². The van der Waals surface area contributed by atoms with Crippen LogP contribution in [0.5, 0.6) is 0 Å². The van der Waals surface area contributed by atoms with Crippen molar-refractivity contribution >= 4 is 0 Å². The van der Waals surface area contributed by atoms with Crippen molar-refractivity contribution in [2.75, 3.05) is 26.2 Å². The van der Waals surface area contributed by atoms with Gasteiger partial charge >= 0.3 is 0 Å². The molecule has 0 aromatic rings. The van der Waals surface area contributed by atoms with Crippen LogP contribution in [0.1, 0.15) is 39.0 Å². The number of hydrogen-bond acceptors (Lipinski definition) is 3. The van der Waals surface area contributed by atoms with Crippen molar-refractivity contribution in [2.45, 2.75) is 56.7 Å². The zero-order chi connectivity index (χ0) is 11.0. The molecule has 0 aromatic heterocycles. The standard InChI is InChI=1S/C13H24N2O/c1-11-10-14-6-7-15(11)12-3-8-16-13(9-12)4-2-5-13/h11-12,14H,2-10H2,1H3/t11-,12?/m1/s1. The predicted molar refractivity (Wildman–Crippen MR) is 64.6 cm³/mol. The summed E-state index contributed by atoms with van der Waals surface area (Å²) >= 11 is 0. The highest BCUT2D eigenvalue weighted by Crippen LogP contribution is 2.43. The van der Waals surface area contributed by atoms with E-state index in [1.165, 1.54) is 38.6 Å². The third-order valence-electron chi connectivity index (χ3n) is 4.75. The number of rotatable bonds is 1. The van der Waals surface area contributed by atoms with Gasteiger partial charge in [0.1, 0.15) is 0 Å². The largest absolute Gasteiger partial charge is 0.375 e. The third kappa shape index (κ3) is 1.89. The molecule has 1 saturated carbocycles. The first kappa shape index (κ1) is 11.0. The summed E-state index contributed by atoms with van der Waals surface area (Å²) in [5, 5.41) is 3.48. The fraction of sp³-hybridized carbons (Fsp3) is 1.00. The minimum atomic E-state index is 0.299. The van der Waals surface area contributed by atoms with Crippen molar-refractivity contribution in [3.8, 4) is 0 Å². The van der Waals surface area contributed by atoms with E-state index in [-0.39, 0.29) is 0 Å². The van der Waals surface area contributed by atoms with Crippen molar-refractivity contribution in [3.05, 3.63) is 0 Å². The summed E-state index contributed by atoms with van der Waals surface area (Å²) in [6, 6.07) is 1.49. The van der Waals surface area contributed by atoms with Crippen LogP contribution in [0.4, 0.5) is 0 Å². The normalized spacial score (nSPS) is 39.6. The number of nitrogens with zero attached hydrogens (tertiary/aromatic N) is 1. The van der Waals surface area contributed by atoms with Crippen LogP contribution < -0.4 is 5.32 Å². The zero-order valence-corrected chi connectivity index (χ0v) is 10.4. The number of piperazine rings is 1. The second kappa shape index (κ2) is 4.28. The number of ether oxygens (including phenoxy) is 1. The fourth-order valence-corrected chi connectivity index (χ4v) is 3.60. The summed E-state index contributed by atoms with van der Waals surface area (Å²) in [5.41, 5.74) is 0.299. The van der Waals surface area contributed by atoms with E-state index < -0.39 is 0 Å². The van der Waals surface area contributed by atoms with Gasteiger partial charge < -0.3 is 10.1 Å². The van der Waals surface area contributed by atoms with E-state index in [0.29, 0.717) is 11.6 Å². The van der Waals surface area contributed by atoms with Gasteiger partial charge in [-0.15, -0.1) is 0 Å². The van der Waals surface area contributed by atoms with E-state index in [1.54, 1.807) is 0 Å². The zero-order valence-electron chi connectivity index (χ0n) is 10.4. The molecule has 3 fully saturated rings. The molecule has 0 amide bonds. The second-order valence-corrected chi connectivity index (χ2v) is 5.82. The molecule has 0 radical (unpaired) electrons. The second-order valence-electron chi connectivity index (χ2n) is 5.82. The maximum absolute atomic E-state index is 6.02. The minimum absolute atomic E-state index is 0.299. The van der Waals surface area contributed by atoms with Gasteiger partial charge in [0.25, 0.3) is 0 Å². The molecule has 2 heterocycles. The Morgan fingerprint density at radius 1 is 1.38 bits per heavy atom. The van der Waals surface area contributed by atoms with Gasteiger partial charge in [-0.3, -0.25) is 4.90 Å². The van der Waals surface area contributed by atoms with Gasteiger partial charge in [0.2, 0.25) is 0 Å². The van der Waals surface area contributed by atoms with Crippen LogP contribution in [0.25, 0.3) is 0 Å². The Morgan fingerprint density at radius 3 is 2.94 bits per heavy atom. The van der Waals surface area contributed by atoms with Gasteiger partial charge in [0, 0.05) is 38.3 Å². The van der Waals surface area contributed by atoms with E-state index in [4.69, 9.17) is 4.74 Å². The molecule has 2 atom stereocenters. The van der Waals surface area contributed by atoms with Crippen molar-refractivity contribution in [3.63, 3.8) is 0 Å². The molecule has 92 valence electrons. The van der Waals surface area contributed by atoms with E-state index >= 15 is 0 Å². The molecule has 3 aliphatic rings. The molecular formula is C13H24N2O. The van der Waals surface area contributed by atoms with Crippen molar-refractivity contribution in [1.29, 1.82) is 0 Å². The van der Waals surface area contributed by atoms with Gasteiger partial charge in [-0.1, -0.05) is 0 Å². The molecule has 1 unspecified atom stereocenters. The Kier molecular flexibility index (Phi) is 2.94. The maximum Gasteiger partial charge on any atom is 0.0697 e. The smallest absolute Gasteiger partial charge is 0.0697 e. The summed E-state index contributed by atoms with van der Waals surface area (Å²) in [4.78, 5) is 2.72. The third-order valence-corrected chi connectivity index (χ3v) is 4.75. The van der Waals surface area contributed by atoms with Crippen LogP contribution in [0.2, 0.25) is 0 Å². The van der Waals surface area contributed by atoms with Crippen LogP contribution in [0.15, 0.2) is 0 Å². The van der Waals surface area contributed by atoms with E-state index in [1.807, 2.05) is 0 Å². The number of hydrogen-bond donors (Lipinski definition) is 1. The molecule has 0 bridgehead atoms. The van der Waals surface area contributed by atoms with Crippen LogP contribution in [-0.4, -0.2) is 48.8 Å². The lowest BCUT2D eigenvalue weighted by molar-refractivity contribution is -0.152. The van der Waals surface area contributed by atoms with E-state index in [2.05, 4.69) is 17.1 Å². The van der Waals surface area contributed by atoms with Crippen LogP contribution in [0, 0.1) is 0 Å². The van der Waals surface area contributed by atoms with Gasteiger partial charge in [-0.05, 0) is 39.0 Å². The Morgan fingerprint density at radius 2 is 2.25 bits per heavy atom. The average molecular weight is 224 g/mol. The number of nitrogens with one attached hydrogen (secondary N) is 1. The van der Waals surface area contributed by atoms with Crippen LogP contribution in [0.3, 0.4) is 0 Å². The topological polar surface area (TPSA) is 24.5 Å². The van der Waals surface area contributed by atoms with Crippen molar-refractivity contribution in [1.82, 2.24) is 10.2 Å². The Labute approximate surface area is 98.5 Å². The molecule has 3 rings (SSSR count). The molecule has 1 N–H and O–H groups in total. The Hall–Kier alpha value is -0.120. The van der Waals surface area contributed by atoms with Crippen molar-refractivity contribution in [2.24, 2.45) is 0 Å². The fourth-order valence-electron chi connectivity index (χ4n) is 3.60. The summed E-state index contributed by atoms with van der Waals surface area (Å²) < 4.78 is 6.02. The van der Waals surface area contributed by atoms with Crippen LogP contribution >= 0.6 is 0 Å². The molecule has 2 aliphatic heterocycles. The van der Waals surface area contributed by atoms with Gasteiger partial charge in [-0.2, -0.15) is 0 Å². The van der Waals surface area contributed by atoms with Gasteiger partial charge in [-0.25, -0.2) is 0 Å². The lowest BCUT2D eigenvalue weighted by Gasteiger charge is -2.51. The summed E-state index contributed by atoms with van der Waals surface area (Å²) in [7, 11) is 0. The van der Waals surface area contributed by atoms with Gasteiger partial charge in [0.15, 0.2) is 0 Å². The summed E-state index contributed by atoms with van der Waals surface area (Å²) in [6.45, 7) is 6.89. The van der Waals surface area contributed by atoms with Crippen molar-refractivity contribution < 1.29 is 4.74 Å². The SMILES string of the molecule is C[C@@H]1CNCCN1C1CCOC2(CCC2)C1. The summed E-state index contributed by atoms with van der Waals surface area (Å²) in [6.07, 6.45) is 6.53. The quantitative estimate of drug-likeness (QED) is 0.728. The van der Waals surface area contributed by atoms with Crippen LogP contribution in [-0.2, 0) is 4.74 Å². The van der Waals surface area contributed by atoms with E-state index in [0.717, 1.165) is 25.7 Å². The monoisotopic (exact) mass is 224 g/mol. The molecule has 3 nitrogen and oxygen atoms in total. The molecule has 1 aliphatic carbocycles. The minimum Gasteiger partial charge on any atom is -0.375 e. The average Bonchev–Trinajstić information content (AvgIpc) is 2.28. The molecular weight excluding hydrogens is 200 g/mol. The van der Waals surface area contributed by atoms with Gasteiger partial charge in [0.05, 0.1) is 5.60 Å². The Balaban J connectivity index is 1.64. The lowest BCUT2D eigenvalue weighted by Crippen LogP contribution is -2.58. The maximum atomic E-state index is 6.02. The predicted octanol–water partition coefficient (Wildman–Crippen LogP) is 1.38. The molecule has 16 heavy (non-hydrogen) atoms. The molecule has 1 spiro atoms. The highest BCUT2D eigenvalue weighted by Gasteiger charge is 2.44. The first-order chi connectivity index (χ1) is 7.79. The molecule has 3 heteroatoms. The molecule has 0 aromatic carbocycles. The first-order valence-electron chi connectivity index (χ1n) is 6.90. The molecule has 2 saturated heterocycles. The Bertz CT molecular complexity index is 252. The highest BCUT2D eigenvalue weighted by molar-refractivity contribution is 4.98. The first-order valence-corrected chi connectivity index (χ1v) is 6.90. The lowest BCUT2D eigenvalue weighted by atomic mass is 9.73. The highest BCUT2D eigenvalue weighted by atomic mass is 16.5.